The minimum Gasteiger partial charge on any atom is -0.315 e. The molecule has 0 spiro atoms. The van der Waals surface area contributed by atoms with Gasteiger partial charge in [-0.25, -0.2) is 8.42 Å². The first-order valence-electron chi connectivity index (χ1n) is 6.75. The van der Waals surface area contributed by atoms with Gasteiger partial charge in [-0.15, -0.1) is 0 Å². The first kappa shape index (κ1) is 15.0. The van der Waals surface area contributed by atoms with Crippen molar-refractivity contribution in [3.05, 3.63) is 29.3 Å². The fraction of sp³-hybridized carbons (Fsp3) is 0.500. The monoisotopic (exact) mass is 293 g/mol. The smallest absolute Gasteiger partial charge is 0.244 e. The molecule has 0 amide bonds. The van der Waals surface area contributed by atoms with Gasteiger partial charge >= 0.3 is 0 Å². The first-order chi connectivity index (χ1) is 9.46. The molecule has 1 saturated heterocycles. The minimum atomic E-state index is -3.64. The van der Waals surface area contributed by atoms with Crippen molar-refractivity contribution in [3.63, 3.8) is 0 Å². The molecule has 0 saturated carbocycles. The van der Waals surface area contributed by atoms with Gasteiger partial charge in [-0.2, -0.15) is 9.57 Å². The molecule has 0 aromatic heterocycles. The lowest BCUT2D eigenvalue weighted by Crippen LogP contribution is -2.45. The van der Waals surface area contributed by atoms with Crippen LogP contribution in [0, 0.1) is 18.3 Å². The van der Waals surface area contributed by atoms with Gasteiger partial charge in [-0.3, -0.25) is 0 Å². The number of nitriles is 1. The van der Waals surface area contributed by atoms with Crippen molar-refractivity contribution < 1.29 is 8.42 Å². The Morgan fingerprint density at radius 2 is 2.10 bits per heavy atom. The zero-order valence-corrected chi connectivity index (χ0v) is 12.4. The van der Waals surface area contributed by atoms with E-state index in [2.05, 4.69) is 0 Å². The second-order valence-electron chi connectivity index (χ2n) is 5.12. The number of hydrogen-bond donors (Lipinski definition) is 1. The summed E-state index contributed by atoms with van der Waals surface area (Å²) >= 11 is 0. The number of rotatable bonds is 2. The van der Waals surface area contributed by atoms with E-state index in [0.717, 1.165) is 19.3 Å². The van der Waals surface area contributed by atoms with Crippen molar-refractivity contribution >= 4 is 10.0 Å². The van der Waals surface area contributed by atoms with Crippen LogP contribution >= 0.6 is 0 Å². The third-order valence-electron chi connectivity index (χ3n) is 3.65. The molecule has 1 aliphatic heterocycles. The van der Waals surface area contributed by atoms with Gasteiger partial charge in [0.2, 0.25) is 10.0 Å². The topological polar surface area (TPSA) is 87.2 Å². The molecule has 0 radical (unpaired) electrons. The molecule has 5 nitrogen and oxygen atoms in total. The van der Waals surface area contributed by atoms with Crippen LogP contribution in [-0.4, -0.2) is 25.4 Å². The number of sulfonamides is 1. The molecule has 0 bridgehead atoms. The SMILES string of the molecule is Cc1ccc(C#N)cc1S(=O)(=O)N1CCCCCC1N. The van der Waals surface area contributed by atoms with E-state index in [1.165, 1.54) is 10.4 Å². The second kappa shape index (κ2) is 5.92. The summed E-state index contributed by atoms with van der Waals surface area (Å²) in [7, 11) is -3.64. The number of benzene rings is 1. The summed E-state index contributed by atoms with van der Waals surface area (Å²) < 4.78 is 26.9. The minimum absolute atomic E-state index is 0.189. The molecule has 1 fully saturated rings. The largest absolute Gasteiger partial charge is 0.315 e. The van der Waals surface area contributed by atoms with Gasteiger partial charge in [0.05, 0.1) is 22.7 Å². The Morgan fingerprint density at radius 1 is 1.35 bits per heavy atom. The van der Waals surface area contributed by atoms with Gasteiger partial charge in [0.15, 0.2) is 0 Å². The maximum atomic E-state index is 12.8. The maximum Gasteiger partial charge on any atom is 0.244 e. The third kappa shape index (κ3) is 2.85. The fourth-order valence-electron chi connectivity index (χ4n) is 2.48. The standard InChI is InChI=1S/C14H19N3O2S/c1-11-6-7-12(10-15)9-13(11)20(18,19)17-8-4-2-3-5-14(17)16/h6-7,9,14H,2-5,8,16H2,1H3. The Morgan fingerprint density at radius 3 is 2.80 bits per heavy atom. The Kier molecular flexibility index (Phi) is 4.43. The Bertz CT molecular complexity index is 634. The Labute approximate surface area is 120 Å². The summed E-state index contributed by atoms with van der Waals surface area (Å²) in [6, 6.07) is 6.69. The van der Waals surface area contributed by atoms with Crippen LogP contribution in [0.2, 0.25) is 0 Å². The van der Waals surface area contributed by atoms with Crippen molar-refractivity contribution in [2.24, 2.45) is 5.73 Å². The van der Waals surface area contributed by atoms with Gasteiger partial charge in [0, 0.05) is 6.54 Å². The lowest BCUT2D eigenvalue weighted by atomic mass is 10.2. The van der Waals surface area contributed by atoms with Crippen LogP contribution in [0.5, 0.6) is 0 Å². The molecule has 20 heavy (non-hydrogen) atoms. The number of nitrogens with two attached hydrogens (primary N) is 1. The molecule has 1 heterocycles. The first-order valence-corrected chi connectivity index (χ1v) is 8.19. The predicted octanol–water partition coefficient (Wildman–Crippen LogP) is 1.72. The molecule has 108 valence electrons. The zero-order valence-electron chi connectivity index (χ0n) is 11.5. The second-order valence-corrected chi connectivity index (χ2v) is 6.98. The Balaban J connectivity index is 2.46. The van der Waals surface area contributed by atoms with Crippen molar-refractivity contribution in [3.8, 4) is 6.07 Å². The summed E-state index contributed by atoms with van der Waals surface area (Å²) in [6.07, 6.45) is 2.97. The van der Waals surface area contributed by atoms with Crippen LogP contribution in [-0.2, 0) is 10.0 Å². The normalized spacial score (nSPS) is 21.1. The maximum absolute atomic E-state index is 12.8. The number of nitrogens with zero attached hydrogens (tertiary/aromatic N) is 2. The van der Waals surface area contributed by atoms with Gasteiger partial charge in [0.1, 0.15) is 0 Å². The zero-order chi connectivity index (χ0) is 14.8. The summed E-state index contributed by atoms with van der Waals surface area (Å²) in [5.74, 6) is 0. The van der Waals surface area contributed by atoms with E-state index < -0.39 is 16.2 Å². The van der Waals surface area contributed by atoms with E-state index in [4.69, 9.17) is 11.0 Å². The molecule has 1 aliphatic rings. The highest BCUT2D eigenvalue weighted by Crippen LogP contribution is 2.25. The third-order valence-corrected chi connectivity index (χ3v) is 5.72. The number of aryl methyl sites for hydroxylation is 1. The van der Waals surface area contributed by atoms with E-state index in [1.54, 1.807) is 19.1 Å². The predicted molar refractivity (Wildman–Crippen MR) is 76.2 cm³/mol. The van der Waals surface area contributed by atoms with Crippen molar-refractivity contribution in [1.29, 1.82) is 5.26 Å². The lowest BCUT2D eigenvalue weighted by Gasteiger charge is -2.26. The molecular weight excluding hydrogens is 274 g/mol. The van der Waals surface area contributed by atoms with E-state index in [9.17, 15) is 8.42 Å². The molecule has 1 aromatic carbocycles. The molecule has 1 atom stereocenters. The summed E-state index contributed by atoms with van der Waals surface area (Å²) in [4.78, 5) is 0.189. The summed E-state index contributed by atoms with van der Waals surface area (Å²) in [5, 5.41) is 8.94. The van der Waals surface area contributed by atoms with Crippen LogP contribution in [0.4, 0.5) is 0 Å². The quantitative estimate of drug-likeness (QED) is 0.899. The van der Waals surface area contributed by atoms with Crippen LogP contribution < -0.4 is 5.73 Å². The molecule has 1 unspecified atom stereocenters. The van der Waals surface area contributed by atoms with Crippen LogP contribution in [0.1, 0.15) is 36.8 Å². The van der Waals surface area contributed by atoms with Crippen molar-refractivity contribution in [1.82, 2.24) is 4.31 Å². The van der Waals surface area contributed by atoms with Crippen molar-refractivity contribution in [2.45, 2.75) is 43.7 Å². The average Bonchev–Trinajstić information content (AvgIpc) is 2.64. The van der Waals surface area contributed by atoms with E-state index >= 15 is 0 Å². The fourth-order valence-corrected chi connectivity index (χ4v) is 4.31. The Hall–Kier alpha value is -1.42. The van der Waals surface area contributed by atoms with Crippen LogP contribution in [0.15, 0.2) is 23.1 Å². The van der Waals surface area contributed by atoms with Gasteiger partial charge < -0.3 is 5.73 Å². The summed E-state index contributed by atoms with van der Waals surface area (Å²) in [6.45, 7) is 2.18. The van der Waals surface area contributed by atoms with Crippen molar-refractivity contribution in [2.75, 3.05) is 6.54 Å². The molecule has 2 N–H and O–H groups in total. The van der Waals surface area contributed by atoms with Crippen LogP contribution in [0.3, 0.4) is 0 Å². The number of hydrogen-bond acceptors (Lipinski definition) is 4. The van der Waals surface area contributed by atoms with E-state index in [-0.39, 0.29) is 4.90 Å². The van der Waals surface area contributed by atoms with Gasteiger partial charge in [-0.05, 0) is 37.5 Å². The highest BCUT2D eigenvalue weighted by molar-refractivity contribution is 7.89. The summed E-state index contributed by atoms with van der Waals surface area (Å²) in [5.41, 5.74) is 6.99. The lowest BCUT2D eigenvalue weighted by molar-refractivity contribution is 0.329. The molecule has 6 heteroatoms. The highest BCUT2D eigenvalue weighted by atomic mass is 32.2. The van der Waals surface area contributed by atoms with E-state index in [1.807, 2.05) is 6.07 Å². The van der Waals surface area contributed by atoms with E-state index in [0.29, 0.717) is 24.1 Å². The van der Waals surface area contributed by atoms with Gasteiger partial charge in [0.25, 0.3) is 0 Å². The molecule has 0 aliphatic carbocycles. The average molecular weight is 293 g/mol. The molecular formula is C14H19N3O2S. The van der Waals surface area contributed by atoms with Crippen LogP contribution in [0.25, 0.3) is 0 Å². The molecule has 2 rings (SSSR count). The van der Waals surface area contributed by atoms with Gasteiger partial charge in [-0.1, -0.05) is 18.9 Å². The molecule has 1 aromatic rings. The highest BCUT2D eigenvalue weighted by Gasteiger charge is 2.31.